The molecule has 0 heterocycles. The van der Waals surface area contributed by atoms with E-state index in [0.29, 0.717) is 0 Å². The van der Waals surface area contributed by atoms with Gasteiger partial charge < -0.3 is 0 Å². The summed E-state index contributed by atoms with van der Waals surface area (Å²) in [5.41, 5.74) is 0. The van der Waals surface area contributed by atoms with Crippen molar-refractivity contribution >= 4 is 0 Å². The third kappa shape index (κ3) is 10.9. The SMILES string of the molecule is C.CCCCCCC(CC(C)CCC)C(C)C. The summed E-state index contributed by atoms with van der Waals surface area (Å²) in [4.78, 5) is 0. The summed E-state index contributed by atoms with van der Waals surface area (Å²) >= 11 is 0. The van der Waals surface area contributed by atoms with E-state index in [1.807, 2.05) is 0 Å². The smallest absolute Gasteiger partial charge is 0.0389 e. The lowest BCUT2D eigenvalue weighted by Crippen LogP contribution is -2.13. The van der Waals surface area contributed by atoms with Crippen LogP contribution >= 0.6 is 0 Å². The molecule has 0 saturated heterocycles. The van der Waals surface area contributed by atoms with Crippen molar-refractivity contribution in [2.45, 2.75) is 93.4 Å². The summed E-state index contributed by atoms with van der Waals surface area (Å²) in [7, 11) is 0. The first-order valence-corrected chi connectivity index (χ1v) is 7.61. The Balaban J connectivity index is 0. The molecule has 0 aliphatic heterocycles. The van der Waals surface area contributed by atoms with Gasteiger partial charge in [-0.3, -0.25) is 0 Å². The van der Waals surface area contributed by atoms with Crippen LogP contribution in [0.2, 0.25) is 0 Å². The van der Waals surface area contributed by atoms with Crippen LogP contribution < -0.4 is 0 Å². The monoisotopic (exact) mass is 242 g/mol. The summed E-state index contributed by atoms with van der Waals surface area (Å²) in [6.45, 7) is 11.8. The van der Waals surface area contributed by atoms with Gasteiger partial charge in [-0.05, 0) is 24.2 Å². The molecule has 0 radical (unpaired) electrons. The third-order valence-corrected chi connectivity index (χ3v) is 3.86. The fourth-order valence-electron chi connectivity index (χ4n) is 2.68. The minimum absolute atomic E-state index is 0. The minimum atomic E-state index is 0. The molecule has 0 fully saturated rings. The molecule has 106 valence electrons. The molecule has 0 saturated carbocycles. The highest BCUT2D eigenvalue weighted by Gasteiger charge is 2.15. The van der Waals surface area contributed by atoms with E-state index in [2.05, 4.69) is 34.6 Å². The molecule has 17 heavy (non-hydrogen) atoms. The van der Waals surface area contributed by atoms with E-state index in [1.165, 1.54) is 51.4 Å². The molecule has 0 nitrogen and oxygen atoms in total. The number of unbranched alkanes of at least 4 members (excludes halogenated alkanes) is 3. The van der Waals surface area contributed by atoms with Crippen molar-refractivity contribution in [2.75, 3.05) is 0 Å². The van der Waals surface area contributed by atoms with Gasteiger partial charge >= 0.3 is 0 Å². The predicted molar refractivity (Wildman–Crippen MR) is 82.5 cm³/mol. The number of hydrogen-bond donors (Lipinski definition) is 0. The van der Waals surface area contributed by atoms with Crippen molar-refractivity contribution in [2.24, 2.45) is 17.8 Å². The summed E-state index contributed by atoms with van der Waals surface area (Å²) in [6, 6.07) is 0. The summed E-state index contributed by atoms with van der Waals surface area (Å²) in [6.07, 6.45) is 11.4. The van der Waals surface area contributed by atoms with Crippen LogP contribution in [0, 0.1) is 17.8 Å². The van der Waals surface area contributed by atoms with Crippen LogP contribution in [-0.2, 0) is 0 Å². The molecule has 0 bridgehead atoms. The summed E-state index contributed by atoms with van der Waals surface area (Å²) < 4.78 is 0. The fourth-order valence-corrected chi connectivity index (χ4v) is 2.68. The van der Waals surface area contributed by atoms with Crippen LogP contribution in [0.15, 0.2) is 0 Å². The number of rotatable bonds is 10. The maximum atomic E-state index is 2.44. The van der Waals surface area contributed by atoms with Crippen LogP contribution in [0.3, 0.4) is 0 Å². The zero-order valence-corrected chi connectivity index (χ0v) is 12.4. The Hall–Kier alpha value is 0. The molecule has 0 aliphatic rings. The lowest BCUT2D eigenvalue weighted by molar-refractivity contribution is 0.273. The Morgan fingerprint density at radius 3 is 1.88 bits per heavy atom. The Labute approximate surface area is 112 Å². The maximum Gasteiger partial charge on any atom is -0.0389 e. The van der Waals surface area contributed by atoms with E-state index in [-0.39, 0.29) is 7.43 Å². The standard InChI is InChI=1S/C16H34.CH4/c1-6-8-9-10-12-16(14(3)4)13-15(5)11-7-2;/h14-16H,6-13H2,1-5H3;1H4. The van der Waals surface area contributed by atoms with Gasteiger partial charge in [0.1, 0.15) is 0 Å². The van der Waals surface area contributed by atoms with E-state index in [4.69, 9.17) is 0 Å². The highest BCUT2D eigenvalue weighted by molar-refractivity contribution is 4.67. The quantitative estimate of drug-likeness (QED) is 0.374. The fraction of sp³-hybridized carbons (Fsp3) is 1.00. The molecule has 0 N–H and O–H groups in total. The third-order valence-electron chi connectivity index (χ3n) is 3.86. The molecule has 0 aromatic heterocycles. The summed E-state index contributed by atoms with van der Waals surface area (Å²) in [5.74, 6) is 2.78. The normalized spacial score (nSPS) is 14.5. The Bertz CT molecular complexity index is 137. The van der Waals surface area contributed by atoms with E-state index < -0.39 is 0 Å². The van der Waals surface area contributed by atoms with Gasteiger partial charge in [0.15, 0.2) is 0 Å². The molecule has 0 aromatic carbocycles. The van der Waals surface area contributed by atoms with Crippen LogP contribution in [0.5, 0.6) is 0 Å². The van der Waals surface area contributed by atoms with Gasteiger partial charge in [0.05, 0.1) is 0 Å². The van der Waals surface area contributed by atoms with Crippen LogP contribution in [0.4, 0.5) is 0 Å². The van der Waals surface area contributed by atoms with Crippen molar-refractivity contribution in [1.29, 1.82) is 0 Å². The molecule has 2 unspecified atom stereocenters. The zero-order valence-electron chi connectivity index (χ0n) is 12.4. The van der Waals surface area contributed by atoms with Crippen molar-refractivity contribution in [3.63, 3.8) is 0 Å². The zero-order chi connectivity index (χ0) is 12.4. The number of hydrogen-bond acceptors (Lipinski definition) is 0. The lowest BCUT2D eigenvalue weighted by Gasteiger charge is -2.24. The molecular formula is C17H38. The Morgan fingerprint density at radius 1 is 0.765 bits per heavy atom. The maximum absolute atomic E-state index is 2.44. The molecule has 0 heteroatoms. The van der Waals surface area contributed by atoms with Gasteiger partial charge in [-0.2, -0.15) is 0 Å². The van der Waals surface area contributed by atoms with E-state index in [0.717, 1.165) is 17.8 Å². The minimum Gasteiger partial charge on any atom is -0.0776 e. The first kappa shape index (κ1) is 19.3. The Kier molecular flexibility index (Phi) is 14.2. The highest BCUT2D eigenvalue weighted by Crippen LogP contribution is 2.27. The predicted octanol–water partition coefficient (Wildman–Crippen LogP) is 6.69. The van der Waals surface area contributed by atoms with Gasteiger partial charge in [-0.15, -0.1) is 0 Å². The molecular weight excluding hydrogens is 204 g/mol. The molecule has 0 rings (SSSR count). The van der Waals surface area contributed by atoms with Crippen molar-refractivity contribution in [1.82, 2.24) is 0 Å². The van der Waals surface area contributed by atoms with E-state index in [9.17, 15) is 0 Å². The second kappa shape index (κ2) is 12.5. The van der Waals surface area contributed by atoms with Crippen molar-refractivity contribution < 1.29 is 0 Å². The van der Waals surface area contributed by atoms with Crippen molar-refractivity contribution in [3.05, 3.63) is 0 Å². The topological polar surface area (TPSA) is 0 Å². The first-order valence-electron chi connectivity index (χ1n) is 7.61. The molecule has 2 atom stereocenters. The second-order valence-electron chi connectivity index (χ2n) is 5.98. The lowest BCUT2D eigenvalue weighted by atomic mass is 9.82. The average molecular weight is 242 g/mol. The van der Waals surface area contributed by atoms with Gasteiger partial charge in [0.2, 0.25) is 0 Å². The molecule has 0 amide bonds. The Morgan fingerprint density at radius 2 is 1.41 bits per heavy atom. The average Bonchev–Trinajstić information content (AvgIpc) is 2.22. The van der Waals surface area contributed by atoms with Gasteiger partial charge in [0.25, 0.3) is 0 Å². The van der Waals surface area contributed by atoms with Crippen LogP contribution in [0.1, 0.15) is 93.4 Å². The van der Waals surface area contributed by atoms with E-state index >= 15 is 0 Å². The second-order valence-corrected chi connectivity index (χ2v) is 5.98. The molecule has 0 aliphatic carbocycles. The van der Waals surface area contributed by atoms with Gasteiger partial charge in [0, 0.05) is 0 Å². The van der Waals surface area contributed by atoms with Crippen LogP contribution in [0.25, 0.3) is 0 Å². The summed E-state index contributed by atoms with van der Waals surface area (Å²) in [5, 5.41) is 0. The highest BCUT2D eigenvalue weighted by atomic mass is 14.2. The molecule has 0 spiro atoms. The van der Waals surface area contributed by atoms with Crippen molar-refractivity contribution in [3.8, 4) is 0 Å². The van der Waals surface area contributed by atoms with Gasteiger partial charge in [-0.1, -0.05) is 87.0 Å². The van der Waals surface area contributed by atoms with Crippen LogP contribution in [-0.4, -0.2) is 0 Å². The molecule has 0 aromatic rings. The van der Waals surface area contributed by atoms with E-state index in [1.54, 1.807) is 0 Å². The van der Waals surface area contributed by atoms with Gasteiger partial charge in [-0.25, -0.2) is 0 Å². The first-order chi connectivity index (χ1) is 7.61. The largest absolute Gasteiger partial charge is 0.0776 e.